The molecule has 0 bridgehead atoms. The summed E-state index contributed by atoms with van der Waals surface area (Å²) in [6.07, 6.45) is 2.47. The summed E-state index contributed by atoms with van der Waals surface area (Å²) in [6.45, 7) is 3.46. The molecular weight excluding hydrogens is 290 g/mol. The van der Waals surface area contributed by atoms with Gasteiger partial charge in [0.05, 0.1) is 10.3 Å². The maximum Gasteiger partial charge on any atom is 0.238 e. The van der Waals surface area contributed by atoms with E-state index in [0.717, 1.165) is 19.3 Å². The fourth-order valence-electron chi connectivity index (χ4n) is 2.80. The van der Waals surface area contributed by atoms with Crippen LogP contribution >= 0.6 is 0 Å². The molecule has 0 saturated heterocycles. The Hall–Kier alpha value is -1.44. The number of carbonyl (C=O) groups excluding carboxylic acids is 1. The van der Waals surface area contributed by atoms with Crippen LogP contribution in [0.5, 0.6) is 0 Å². The van der Waals surface area contributed by atoms with Gasteiger partial charge in [-0.1, -0.05) is 12.5 Å². The highest BCUT2D eigenvalue weighted by molar-refractivity contribution is 7.89. The topological polar surface area (TPSA) is 115 Å². The Bertz CT molecular complexity index is 672. The first-order valence-corrected chi connectivity index (χ1v) is 8.40. The Morgan fingerprint density at radius 3 is 2.62 bits per heavy atom. The van der Waals surface area contributed by atoms with E-state index < -0.39 is 15.4 Å². The van der Waals surface area contributed by atoms with Crippen molar-refractivity contribution in [3.05, 3.63) is 23.8 Å². The molecule has 7 heteroatoms. The Morgan fingerprint density at radius 1 is 1.43 bits per heavy atom. The van der Waals surface area contributed by atoms with E-state index in [1.807, 2.05) is 6.92 Å². The largest absolute Gasteiger partial charge is 0.327 e. The number of anilines is 1. The standard InChI is InChI=1S/C14H21N3O3S/c1-9-10(5-3-6-11(9)21(16,19)20)17-13(18)14(2)8-4-7-12(14)15/h3,5-6,12H,4,7-8,15H2,1-2H3,(H,17,18)(H2,16,19,20). The molecule has 0 spiro atoms. The molecule has 1 amide bonds. The molecule has 0 radical (unpaired) electrons. The van der Waals surface area contributed by atoms with Gasteiger partial charge in [0.2, 0.25) is 15.9 Å². The van der Waals surface area contributed by atoms with E-state index in [1.165, 1.54) is 6.07 Å². The van der Waals surface area contributed by atoms with Gasteiger partial charge in [0, 0.05) is 11.7 Å². The van der Waals surface area contributed by atoms with E-state index in [-0.39, 0.29) is 16.8 Å². The van der Waals surface area contributed by atoms with E-state index >= 15 is 0 Å². The second kappa shape index (κ2) is 5.40. The molecule has 1 aliphatic rings. The number of nitrogens with one attached hydrogen (secondary N) is 1. The third-order valence-electron chi connectivity index (χ3n) is 4.39. The summed E-state index contributed by atoms with van der Waals surface area (Å²) in [7, 11) is -3.81. The van der Waals surface area contributed by atoms with Crippen molar-refractivity contribution in [3.8, 4) is 0 Å². The maximum atomic E-state index is 12.5. The van der Waals surface area contributed by atoms with Crippen LogP contribution in [0.2, 0.25) is 0 Å². The first-order chi connectivity index (χ1) is 9.66. The molecular formula is C14H21N3O3S. The second-order valence-electron chi connectivity index (χ2n) is 5.84. The van der Waals surface area contributed by atoms with Gasteiger partial charge in [-0.2, -0.15) is 0 Å². The van der Waals surface area contributed by atoms with Crippen LogP contribution < -0.4 is 16.2 Å². The van der Waals surface area contributed by atoms with Crippen molar-refractivity contribution in [2.24, 2.45) is 16.3 Å². The van der Waals surface area contributed by atoms with E-state index in [0.29, 0.717) is 11.3 Å². The molecule has 0 aliphatic heterocycles. The minimum Gasteiger partial charge on any atom is -0.327 e. The summed E-state index contributed by atoms with van der Waals surface area (Å²) in [6, 6.07) is 4.45. The summed E-state index contributed by atoms with van der Waals surface area (Å²) in [5.74, 6) is -0.179. The lowest BCUT2D eigenvalue weighted by atomic mass is 9.84. The third kappa shape index (κ3) is 2.95. The maximum absolute atomic E-state index is 12.5. The SMILES string of the molecule is Cc1c(NC(=O)C2(C)CCCC2N)cccc1S(N)(=O)=O. The van der Waals surface area contributed by atoms with Gasteiger partial charge in [-0.3, -0.25) is 4.79 Å². The predicted molar refractivity (Wildman–Crippen MR) is 81.1 cm³/mol. The molecule has 1 fully saturated rings. The van der Waals surface area contributed by atoms with E-state index in [1.54, 1.807) is 19.1 Å². The van der Waals surface area contributed by atoms with Gasteiger partial charge in [-0.25, -0.2) is 13.6 Å². The first kappa shape index (κ1) is 15.9. The molecule has 1 aliphatic carbocycles. The average molecular weight is 311 g/mol. The molecule has 21 heavy (non-hydrogen) atoms. The summed E-state index contributed by atoms with van der Waals surface area (Å²) < 4.78 is 23.0. The Balaban J connectivity index is 2.31. The molecule has 5 N–H and O–H groups in total. The molecule has 1 aromatic carbocycles. The molecule has 2 rings (SSSR count). The number of rotatable bonds is 3. The lowest BCUT2D eigenvalue weighted by Gasteiger charge is -2.28. The van der Waals surface area contributed by atoms with Crippen molar-refractivity contribution >= 4 is 21.6 Å². The van der Waals surface area contributed by atoms with Crippen molar-refractivity contribution in [1.29, 1.82) is 0 Å². The first-order valence-electron chi connectivity index (χ1n) is 6.86. The number of nitrogens with two attached hydrogens (primary N) is 2. The number of sulfonamides is 1. The predicted octanol–water partition coefficient (Wildman–Crippen LogP) is 1.10. The van der Waals surface area contributed by atoms with Crippen molar-refractivity contribution < 1.29 is 13.2 Å². The Kier molecular flexibility index (Phi) is 4.10. The zero-order valence-corrected chi connectivity index (χ0v) is 13.0. The fourth-order valence-corrected chi connectivity index (χ4v) is 3.60. The zero-order chi connectivity index (χ0) is 15.8. The molecule has 1 saturated carbocycles. The number of carbonyl (C=O) groups is 1. The van der Waals surface area contributed by atoms with Crippen LogP contribution in [-0.2, 0) is 14.8 Å². The third-order valence-corrected chi connectivity index (χ3v) is 5.44. The number of amides is 1. The molecule has 2 unspecified atom stereocenters. The number of primary sulfonamides is 1. The molecule has 116 valence electrons. The highest BCUT2D eigenvalue weighted by atomic mass is 32.2. The van der Waals surface area contributed by atoms with Crippen LogP contribution in [0.4, 0.5) is 5.69 Å². The molecule has 1 aromatic rings. The number of hydrogen-bond donors (Lipinski definition) is 3. The molecule has 0 heterocycles. The highest BCUT2D eigenvalue weighted by Gasteiger charge is 2.43. The van der Waals surface area contributed by atoms with Crippen molar-refractivity contribution in [2.75, 3.05) is 5.32 Å². The van der Waals surface area contributed by atoms with Crippen molar-refractivity contribution in [3.63, 3.8) is 0 Å². The number of benzene rings is 1. The lowest BCUT2D eigenvalue weighted by molar-refractivity contribution is -0.125. The van der Waals surface area contributed by atoms with Crippen LogP contribution in [0, 0.1) is 12.3 Å². The smallest absolute Gasteiger partial charge is 0.238 e. The zero-order valence-electron chi connectivity index (χ0n) is 12.2. The van der Waals surface area contributed by atoms with E-state index in [4.69, 9.17) is 10.9 Å². The average Bonchev–Trinajstić information content (AvgIpc) is 2.72. The lowest BCUT2D eigenvalue weighted by Crippen LogP contribution is -2.44. The summed E-state index contributed by atoms with van der Waals surface area (Å²) in [5.41, 5.74) is 6.29. The van der Waals surface area contributed by atoms with Gasteiger partial charge in [0.15, 0.2) is 0 Å². The Morgan fingerprint density at radius 2 is 2.10 bits per heavy atom. The van der Waals surface area contributed by atoms with Crippen LogP contribution in [0.1, 0.15) is 31.7 Å². The minimum absolute atomic E-state index is 0.0150. The fraction of sp³-hybridized carbons (Fsp3) is 0.500. The van der Waals surface area contributed by atoms with Crippen molar-refractivity contribution in [2.45, 2.75) is 44.0 Å². The monoisotopic (exact) mass is 311 g/mol. The minimum atomic E-state index is -3.81. The Labute approximate surface area is 124 Å². The van der Waals surface area contributed by atoms with E-state index in [2.05, 4.69) is 5.32 Å². The summed E-state index contributed by atoms with van der Waals surface area (Å²) in [5, 5.41) is 7.96. The van der Waals surface area contributed by atoms with Gasteiger partial charge in [0.25, 0.3) is 0 Å². The van der Waals surface area contributed by atoms with Gasteiger partial charge < -0.3 is 11.1 Å². The molecule has 6 nitrogen and oxygen atoms in total. The van der Waals surface area contributed by atoms with Gasteiger partial charge in [-0.15, -0.1) is 0 Å². The molecule has 0 aromatic heterocycles. The highest BCUT2D eigenvalue weighted by Crippen LogP contribution is 2.38. The van der Waals surface area contributed by atoms with Crippen molar-refractivity contribution in [1.82, 2.24) is 0 Å². The summed E-state index contributed by atoms with van der Waals surface area (Å²) >= 11 is 0. The summed E-state index contributed by atoms with van der Waals surface area (Å²) in [4.78, 5) is 12.5. The number of hydrogen-bond acceptors (Lipinski definition) is 4. The van der Waals surface area contributed by atoms with Crippen LogP contribution in [0.25, 0.3) is 0 Å². The normalized spacial score (nSPS) is 25.8. The second-order valence-corrected chi connectivity index (χ2v) is 7.37. The van der Waals surface area contributed by atoms with Crippen LogP contribution in [0.3, 0.4) is 0 Å². The van der Waals surface area contributed by atoms with Gasteiger partial charge >= 0.3 is 0 Å². The van der Waals surface area contributed by atoms with Crippen LogP contribution in [0.15, 0.2) is 23.1 Å². The van der Waals surface area contributed by atoms with E-state index in [9.17, 15) is 13.2 Å². The molecule has 2 atom stereocenters. The van der Waals surface area contributed by atoms with Gasteiger partial charge in [-0.05, 0) is 44.4 Å². The quantitative estimate of drug-likeness (QED) is 0.775. The van der Waals surface area contributed by atoms with Crippen LogP contribution in [-0.4, -0.2) is 20.4 Å². The van der Waals surface area contributed by atoms with Gasteiger partial charge in [0.1, 0.15) is 0 Å².